The third-order valence-corrected chi connectivity index (χ3v) is 3.80. The summed E-state index contributed by atoms with van der Waals surface area (Å²) in [5, 5.41) is 2.69. The van der Waals surface area contributed by atoms with E-state index in [1.165, 1.54) is 11.3 Å². The Bertz CT molecular complexity index is 534. The third-order valence-electron chi connectivity index (χ3n) is 3.80. The molecule has 0 aliphatic carbocycles. The van der Waals surface area contributed by atoms with Gasteiger partial charge in [0.05, 0.1) is 0 Å². The molecule has 2 amide bonds. The van der Waals surface area contributed by atoms with Crippen LogP contribution >= 0.6 is 0 Å². The second-order valence-electron chi connectivity index (χ2n) is 6.22. The average molecular weight is 303 g/mol. The van der Waals surface area contributed by atoms with E-state index in [0.717, 1.165) is 13.1 Å². The molecule has 0 atom stereocenters. The number of amides is 2. The van der Waals surface area contributed by atoms with Gasteiger partial charge >= 0.3 is 11.8 Å². The second-order valence-corrected chi connectivity index (χ2v) is 6.22. The number of aryl methyl sites for hydroxylation is 1. The summed E-state index contributed by atoms with van der Waals surface area (Å²) in [4.78, 5) is 27.8. The van der Waals surface area contributed by atoms with Crippen LogP contribution in [0.2, 0.25) is 0 Å². The van der Waals surface area contributed by atoms with Gasteiger partial charge in [0.2, 0.25) is 0 Å². The highest BCUT2D eigenvalue weighted by molar-refractivity contribution is 6.35. The predicted octanol–water partition coefficient (Wildman–Crippen LogP) is 1.42. The van der Waals surface area contributed by atoms with Crippen molar-refractivity contribution in [1.82, 2.24) is 10.2 Å². The number of nitrogens with zero attached hydrogens (tertiary/aromatic N) is 2. The van der Waals surface area contributed by atoms with Gasteiger partial charge in [0.15, 0.2) is 0 Å². The molecule has 0 radical (unpaired) electrons. The molecule has 5 heteroatoms. The minimum Gasteiger partial charge on any atom is -0.368 e. The molecule has 22 heavy (non-hydrogen) atoms. The lowest BCUT2D eigenvalue weighted by Gasteiger charge is -2.35. The molecule has 0 unspecified atom stereocenters. The van der Waals surface area contributed by atoms with E-state index in [-0.39, 0.29) is 0 Å². The fraction of sp³-hybridized carbons (Fsp3) is 0.529. The van der Waals surface area contributed by atoms with Crippen LogP contribution in [0.25, 0.3) is 0 Å². The lowest BCUT2D eigenvalue weighted by atomic mass is 10.2. The Kier molecular flexibility index (Phi) is 5.41. The maximum Gasteiger partial charge on any atom is 0.312 e. The molecule has 0 aromatic heterocycles. The molecule has 1 aromatic rings. The van der Waals surface area contributed by atoms with Crippen molar-refractivity contribution in [2.24, 2.45) is 5.92 Å². The van der Waals surface area contributed by atoms with Crippen LogP contribution in [-0.4, -0.2) is 49.4 Å². The molecular weight excluding hydrogens is 278 g/mol. The van der Waals surface area contributed by atoms with E-state index in [1.54, 1.807) is 4.90 Å². The molecule has 1 heterocycles. The van der Waals surface area contributed by atoms with E-state index in [4.69, 9.17) is 0 Å². The second kappa shape index (κ2) is 7.29. The minimum absolute atomic E-state index is 0.343. The summed E-state index contributed by atoms with van der Waals surface area (Å²) in [6.45, 7) is 9.30. The SMILES string of the molecule is Cc1cccc(N2CCN(C(=O)C(=O)NCC(C)C)CC2)c1. The maximum absolute atomic E-state index is 12.1. The number of nitrogens with one attached hydrogen (secondary N) is 1. The van der Waals surface area contributed by atoms with Crippen LogP contribution in [0, 0.1) is 12.8 Å². The Labute approximate surface area is 132 Å². The van der Waals surface area contributed by atoms with E-state index >= 15 is 0 Å². The Hall–Kier alpha value is -2.04. The summed E-state index contributed by atoms with van der Waals surface area (Å²) >= 11 is 0. The van der Waals surface area contributed by atoms with Crippen molar-refractivity contribution in [1.29, 1.82) is 0 Å². The molecule has 0 saturated carbocycles. The van der Waals surface area contributed by atoms with Crippen LogP contribution < -0.4 is 10.2 Å². The molecule has 1 aromatic carbocycles. The molecule has 0 spiro atoms. The monoisotopic (exact) mass is 303 g/mol. The van der Waals surface area contributed by atoms with Crippen molar-refractivity contribution >= 4 is 17.5 Å². The van der Waals surface area contributed by atoms with Crippen molar-refractivity contribution in [2.75, 3.05) is 37.6 Å². The Morgan fingerprint density at radius 1 is 1.18 bits per heavy atom. The van der Waals surface area contributed by atoms with Crippen LogP contribution in [-0.2, 0) is 9.59 Å². The first-order chi connectivity index (χ1) is 10.5. The van der Waals surface area contributed by atoms with Gasteiger partial charge in [0, 0.05) is 38.4 Å². The zero-order valence-electron chi connectivity index (χ0n) is 13.6. The Morgan fingerprint density at radius 3 is 2.45 bits per heavy atom. The molecule has 5 nitrogen and oxygen atoms in total. The van der Waals surface area contributed by atoms with Gasteiger partial charge in [-0.1, -0.05) is 26.0 Å². The molecule has 1 aliphatic heterocycles. The number of anilines is 1. The number of piperazine rings is 1. The molecule has 1 N–H and O–H groups in total. The fourth-order valence-corrected chi connectivity index (χ4v) is 2.51. The van der Waals surface area contributed by atoms with Crippen molar-refractivity contribution < 1.29 is 9.59 Å². The summed E-state index contributed by atoms with van der Waals surface area (Å²) in [5.41, 5.74) is 2.40. The van der Waals surface area contributed by atoms with Crippen LogP contribution in [0.3, 0.4) is 0 Å². The van der Waals surface area contributed by atoms with Gasteiger partial charge in [-0.2, -0.15) is 0 Å². The number of hydrogen-bond acceptors (Lipinski definition) is 3. The minimum atomic E-state index is -0.488. The zero-order chi connectivity index (χ0) is 16.1. The first-order valence-corrected chi connectivity index (χ1v) is 7.86. The summed E-state index contributed by atoms with van der Waals surface area (Å²) in [7, 11) is 0. The van der Waals surface area contributed by atoms with E-state index < -0.39 is 11.8 Å². The quantitative estimate of drug-likeness (QED) is 0.859. The topological polar surface area (TPSA) is 52.7 Å². The number of rotatable bonds is 3. The summed E-state index contributed by atoms with van der Waals surface area (Å²) in [5.74, 6) is -0.558. The molecule has 120 valence electrons. The van der Waals surface area contributed by atoms with Gasteiger partial charge < -0.3 is 15.1 Å². The fourth-order valence-electron chi connectivity index (χ4n) is 2.51. The highest BCUT2D eigenvalue weighted by Gasteiger charge is 2.25. The normalized spacial score (nSPS) is 15.1. The van der Waals surface area contributed by atoms with Gasteiger partial charge in [-0.25, -0.2) is 0 Å². The van der Waals surface area contributed by atoms with E-state index in [0.29, 0.717) is 25.6 Å². The predicted molar refractivity (Wildman–Crippen MR) is 87.8 cm³/mol. The molecule has 2 rings (SSSR count). The van der Waals surface area contributed by atoms with E-state index in [9.17, 15) is 9.59 Å². The van der Waals surface area contributed by atoms with Gasteiger partial charge in [-0.3, -0.25) is 9.59 Å². The third kappa shape index (κ3) is 4.23. The maximum atomic E-state index is 12.1. The van der Waals surface area contributed by atoms with Crippen molar-refractivity contribution in [2.45, 2.75) is 20.8 Å². The van der Waals surface area contributed by atoms with Crippen LogP contribution in [0.1, 0.15) is 19.4 Å². The van der Waals surface area contributed by atoms with Crippen LogP contribution in [0.5, 0.6) is 0 Å². The molecule has 1 aliphatic rings. The first-order valence-electron chi connectivity index (χ1n) is 7.86. The highest BCUT2D eigenvalue weighted by atomic mass is 16.2. The lowest BCUT2D eigenvalue weighted by Crippen LogP contribution is -2.53. The highest BCUT2D eigenvalue weighted by Crippen LogP contribution is 2.17. The van der Waals surface area contributed by atoms with Crippen molar-refractivity contribution in [3.63, 3.8) is 0 Å². The standard InChI is InChI=1S/C17H25N3O2/c1-13(2)12-18-16(21)17(22)20-9-7-19(8-10-20)15-6-4-5-14(3)11-15/h4-6,11,13H,7-10,12H2,1-3H3,(H,18,21). The Morgan fingerprint density at radius 2 is 1.86 bits per heavy atom. The van der Waals surface area contributed by atoms with Gasteiger partial charge in [0.1, 0.15) is 0 Å². The lowest BCUT2D eigenvalue weighted by molar-refractivity contribution is -0.146. The van der Waals surface area contributed by atoms with Crippen molar-refractivity contribution in [3.8, 4) is 0 Å². The molecular formula is C17H25N3O2. The summed E-state index contributed by atoms with van der Waals surface area (Å²) in [6.07, 6.45) is 0. The number of hydrogen-bond donors (Lipinski definition) is 1. The van der Waals surface area contributed by atoms with E-state index in [1.807, 2.05) is 19.9 Å². The molecule has 1 saturated heterocycles. The van der Waals surface area contributed by atoms with E-state index in [2.05, 4.69) is 35.3 Å². The number of benzene rings is 1. The van der Waals surface area contributed by atoms with Gasteiger partial charge in [-0.05, 0) is 30.5 Å². The van der Waals surface area contributed by atoms with Crippen molar-refractivity contribution in [3.05, 3.63) is 29.8 Å². The summed E-state index contributed by atoms with van der Waals surface area (Å²) in [6, 6.07) is 8.34. The van der Waals surface area contributed by atoms with Crippen LogP contribution in [0.4, 0.5) is 5.69 Å². The zero-order valence-corrected chi connectivity index (χ0v) is 13.6. The average Bonchev–Trinajstić information content (AvgIpc) is 2.52. The van der Waals surface area contributed by atoms with Crippen LogP contribution in [0.15, 0.2) is 24.3 Å². The number of carbonyl (C=O) groups excluding carboxylic acids is 2. The number of carbonyl (C=O) groups is 2. The largest absolute Gasteiger partial charge is 0.368 e. The summed E-state index contributed by atoms with van der Waals surface area (Å²) < 4.78 is 0. The van der Waals surface area contributed by atoms with Gasteiger partial charge in [0.25, 0.3) is 0 Å². The smallest absolute Gasteiger partial charge is 0.312 e. The molecule has 1 fully saturated rings. The van der Waals surface area contributed by atoms with Gasteiger partial charge in [-0.15, -0.1) is 0 Å². The first kappa shape index (κ1) is 16.3. The Balaban J connectivity index is 1.86. The molecule has 0 bridgehead atoms.